The Labute approximate surface area is 186 Å². The van der Waals surface area contributed by atoms with E-state index in [-0.39, 0.29) is 17.1 Å². The van der Waals surface area contributed by atoms with Crippen LogP contribution in [-0.4, -0.2) is 21.1 Å². The summed E-state index contributed by atoms with van der Waals surface area (Å²) in [6.45, 7) is 8.02. The Kier molecular flexibility index (Phi) is 5.79. The van der Waals surface area contributed by atoms with Crippen LogP contribution >= 0.6 is 11.8 Å². The largest absolute Gasteiger partial charge is 0.293 e. The van der Waals surface area contributed by atoms with E-state index in [9.17, 15) is 9.59 Å². The standard InChI is InChI=1S/C26H24N2O2S/c1-16-9-11-20(12-10-16)28-25(30)21-7-5-6-8-23(21)27-26(28)31-15-24(29)22-14-18(3)17(2)13-19(22)4/h5-14H,15H2,1-4H3. The fourth-order valence-corrected chi connectivity index (χ4v) is 4.50. The number of rotatable bonds is 5. The van der Waals surface area contributed by atoms with Crippen molar-refractivity contribution in [2.24, 2.45) is 0 Å². The second kappa shape index (κ2) is 8.52. The van der Waals surface area contributed by atoms with Crippen LogP contribution in [0.15, 0.2) is 70.6 Å². The zero-order valence-corrected chi connectivity index (χ0v) is 18.9. The SMILES string of the molecule is Cc1ccc(-n2c(SCC(=O)c3cc(C)c(C)cc3C)nc3ccccc3c2=O)cc1. The number of fused-ring (bicyclic) bond motifs is 1. The van der Waals surface area contributed by atoms with Gasteiger partial charge in [-0.15, -0.1) is 0 Å². The highest BCUT2D eigenvalue weighted by molar-refractivity contribution is 7.99. The van der Waals surface area contributed by atoms with Gasteiger partial charge in [0.05, 0.1) is 22.3 Å². The molecule has 0 radical (unpaired) electrons. The van der Waals surface area contributed by atoms with Gasteiger partial charge >= 0.3 is 0 Å². The van der Waals surface area contributed by atoms with Crippen molar-refractivity contribution in [1.82, 2.24) is 9.55 Å². The number of benzene rings is 3. The van der Waals surface area contributed by atoms with Crippen LogP contribution in [0.2, 0.25) is 0 Å². The second-order valence-corrected chi connectivity index (χ2v) is 8.79. The molecule has 0 spiro atoms. The van der Waals surface area contributed by atoms with Crippen molar-refractivity contribution in [3.63, 3.8) is 0 Å². The molecule has 4 nitrogen and oxygen atoms in total. The highest BCUT2D eigenvalue weighted by Gasteiger charge is 2.17. The fraction of sp³-hybridized carbons (Fsp3) is 0.192. The first kappa shape index (κ1) is 21.1. The van der Waals surface area contributed by atoms with Gasteiger partial charge in [-0.3, -0.25) is 14.2 Å². The minimum atomic E-state index is -0.133. The van der Waals surface area contributed by atoms with E-state index in [1.165, 1.54) is 17.3 Å². The lowest BCUT2D eigenvalue weighted by Gasteiger charge is -2.14. The summed E-state index contributed by atoms with van der Waals surface area (Å²) in [5.74, 6) is 0.239. The summed E-state index contributed by atoms with van der Waals surface area (Å²) in [6, 6.07) is 19.1. The molecule has 5 heteroatoms. The molecular weight excluding hydrogens is 404 g/mol. The van der Waals surface area contributed by atoms with Gasteiger partial charge in [-0.2, -0.15) is 0 Å². The van der Waals surface area contributed by atoms with Gasteiger partial charge in [0.25, 0.3) is 5.56 Å². The van der Waals surface area contributed by atoms with Crippen LogP contribution in [0.4, 0.5) is 0 Å². The van der Waals surface area contributed by atoms with Gasteiger partial charge in [0.15, 0.2) is 10.9 Å². The van der Waals surface area contributed by atoms with Crippen molar-refractivity contribution in [2.45, 2.75) is 32.9 Å². The number of para-hydroxylation sites is 1. The molecule has 1 aromatic heterocycles. The highest BCUT2D eigenvalue weighted by Crippen LogP contribution is 2.24. The van der Waals surface area contributed by atoms with Crippen molar-refractivity contribution in [3.05, 3.63) is 98.8 Å². The number of carbonyl (C=O) groups is 1. The summed E-state index contributed by atoms with van der Waals surface area (Å²) in [6.07, 6.45) is 0. The van der Waals surface area contributed by atoms with Crippen molar-refractivity contribution in [1.29, 1.82) is 0 Å². The number of carbonyl (C=O) groups excluding carboxylic acids is 1. The van der Waals surface area contributed by atoms with E-state index in [1.807, 2.05) is 82.3 Å². The van der Waals surface area contributed by atoms with Crippen LogP contribution in [-0.2, 0) is 0 Å². The number of nitrogens with zero attached hydrogens (tertiary/aromatic N) is 2. The van der Waals surface area contributed by atoms with Gasteiger partial charge in [0.2, 0.25) is 0 Å². The van der Waals surface area contributed by atoms with Crippen LogP contribution in [0.5, 0.6) is 0 Å². The summed E-state index contributed by atoms with van der Waals surface area (Å²) in [5, 5.41) is 1.08. The van der Waals surface area contributed by atoms with Crippen molar-refractivity contribution in [2.75, 3.05) is 5.75 Å². The molecule has 0 N–H and O–H groups in total. The van der Waals surface area contributed by atoms with E-state index < -0.39 is 0 Å². The molecule has 0 aliphatic rings. The number of thioether (sulfide) groups is 1. The number of Topliss-reactive ketones (excluding diaryl/α,β-unsaturated/α-hetero) is 1. The first-order valence-corrected chi connectivity index (χ1v) is 11.2. The maximum Gasteiger partial charge on any atom is 0.266 e. The fourth-order valence-electron chi connectivity index (χ4n) is 3.60. The molecule has 0 saturated heterocycles. The van der Waals surface area contributed by atoms with Gasteiger partial charge in [-0.25, -0.2) is 4.98 Å². The molecule has 0 aliphatic carbocycles. The number of ketones is 1. The zero-order valence-electron chi connectivity index (χ0n) is 18.1. The number of aromatic nitrogens is 2. The second-order valence-electron chi connectivity index (χ2n) is 7.85. The molecule has 0 fully saturated rings. The highest BCUT2D eigenvalue weighted by atomic mass is 32.2. The zero-order chi connectivity index (χ0) is 22.1. The van der Waals surface area contributed by atoms with Crippen molar-refractivity contribution >= 4 is 28.4 Å². The normalized spacial score (nSPS) is 11.1. The molecule has 0 unspecified atom stereocenters. The quantitative estimate of drug-likeness (QED) is 0.236. The van der Waals surface area contributed by atoms with E-state index in [2.05, 4.69) is 0 Å². The van der Waals surface area contributed by atoms with E-state index in [1.54, 1.807) is 10.6 Å². The van der Waals surface area contributed by atoms with Crippen LogP contribution in [0.1, 0.15) is 32.6 Å². The molecule has 4 aromatic rings. The van der Waals surface area contributed by atoms with E-state index in [0.29, 0.717) is 16.1 Å². The van der Waals surface area contributed by atoms with Crippen molar-refractivity contribution < 1.29 is 4.79 Å². The van der Waals surface area contributed by atoms with Crippen LogP contribution in [0.3, 0.4) is 0 Å². The lowest BCUT2D eigenvalue weighted by molar-refractivity contribution is 0.102. The molecule has 0 amide bonds. The molecule has 156 valence electrons. The molecular formula is C26H24N2O2S. The van der Waals surface area contributed by atoms with Crippen LogP contribution in [0.25, 0.3) is 16.6 Å². The molecule has 0 aliphatic heterocycles. The summed E-state index contributed by atoms with van der Waals surface area (Å²) >= 11 is 1.30. The van der Waals surface area contributed by atoms with E-state index >= 15 is 0 Å². The predicted octanol–water partition coefficient (Wildman–Crippen LogP) is 5.59. The molecule has 0 atom stereocenters. The third-order valence-electron chi connectivity index (χ3n) is 5.51. The molecule has 3 aromatic carbocycles. The van der Waals surface area contributed by atoms with Crippen molar-refractivity contribution in [3.8, 4) is 5.69 Å². The Morgan fingerprint density at radius 2 is 1.58 bits per heavy atom. The Morgan fingerprint density at radius 3 is 2.32 bits per heavy atom. The minimum absolute atomic E-state index is 0.0310. The smallest absolute Gasteiger partial charge is 0.266 e. The lowest BCUT2D eigenvalue weighted by Crippen LogP contribution is -2.22. The summed E-state index contributed by atoms with van der Waals surface area (Å²) in [4.78, 5) is 31.0. The van der Waals surface area contributed by atoms with E-state index in [4.69, 9.17) is 4.98 Å². The predicted molar refractivity (Wildman–Crippen MR) is 128 cm³/mol. The van der Waals surface area contributed by atoms with Gasteiger partial charge in [0, 0.05) is 5.56 Å². The summed E-state index contributed by atoms with van der Waals surface area (Å²) in [7, 11) is 0. The van der Waals surface area contributed by atoms with Crippen LogP contribution in [0, 0.1) is 27.7 Å². The minimum Gasteiger partial charge on any atom is -0.293 e. The Hall–Kier alpha value is -3.18. The molecule has 0 bridgehead atoms. The summed E-state index contributed by atoms with van der Waals surface area (Å²) < 4.78 is 1.60. The van der Waals surface area contributed by atoms with Crippen LogP contribution < -0.4 is 5.56 Å². The van der Waals surface area contributed by atoms with Gasteiger partial charge in [0.1, 0.15) is 0 Å². The molecule has 31 heavy (non-hydrogen) atoms. The lowest BCUT2D eigenvalue weighted by atomic mass is 9.99. The first-order chi connectivity index (χ1) is 14.8. The van der Waals surface area contributed by atoms with Gasteiger partial charge in [-0.05, 0) is 74.7 Å². The summed E-state index contributed by atoms with van der Waals surface area (Å²) in [5.41, 5.74) is 6.31. The Bertz CT molecular complexity index is 1350. The van der Waals surface area contributed by atoms with Gasteiger partial charge in [-0.1, -0.05) is 47.7 Å². The third kappa shape index (κ3) is 4.19. The van der Waals surface area contributed by atoms with Gasteiger partial charge < -0.3 is 0 Å². The molecule has 0 saturated carbocycles. The third-order valence-corrected chi connectivity index (χ3v) is 6.45. The maximum atomic E-state index is 13.3. The maximum absolute atomic E-state index is 13.3. The first-order valence-electron chi connectivity index (χ1n) is 10.2. The number of hydrogen-bond donors (Lipinski definition) is 0. The topological polar surface area (TPSA) is 52.0 Å². The number of hydrogen-bond acceptors (Lipinski definition) is 4. The van der Waals surface area contributed by atoms with E-state index in [0.717, 1.165) is 27.9 Å². The molecule has 4 rings (SSSR count). The monoisotopic (exact) mass is 428 g/mol. The Balaban J connectivity index is 1.75. The molecule has 1 heterocycles. The number of aryl methyl sites for hydroxylation is 4. The average Bonchev–Trinajstić information content (AvgIpc) is 2.75. The average molecular weight is 429 g/mol. The Morgan fingerprint density at radius 1 is 0.903 bits per heavy atom.